The van der Waals surface area contributed by atoms with E-state index in [0.29, 0.717) is 18.0 Å². The lowest BCUT2D eigenvalue weighted by Crippen LogP contribution is -2.34. The topological polar surface area (TPSA) is 66.4 Å². The Morgan fingerprint density at radius 3 is 2.47 bits per heavy atom. The number of carboxylic acids is 1. The third-order valence-corrected chi connectivity index (χ3v) is 2.64. The Morgan fingerprint density at radius 1 is 1.35 bits per heavy atom. The zero-order chi connectivity index (χ0) is 12.8. The number of carbonyl (C=O) groups excluding carboxylic acids is 1. The quantitative estimate of drug-likeness (QED) is 0.788. The molecule has 2 N–H and O–H groups in total. The number of nitrogens with one attached hydrogen (secondary N) is 1. The van der Waals surface area contributed by atoms with E-state index < -0.39 is 17.8 Å². The third kappa shape index (κ3) is 4.44. The van der Waals surface area contributed by atoms with Crippen LogP contribution in [0.2, 0.25) is 5.02 Å². The van der Waals surface area contributed by atoms with E-state index >= 15 is 0 Å². The van der Waals surface area contributed by atoms with Crippen molar-refractivity contribution in [1.29, 1.82) is 0 Å². The number of carbonyl (C=O) groups is 2. The molecule has 0 aliphatic carbocycles. The summed E-state index contributed by atoms with van der Waals surface area (Å²) < 4.78 is 0. The highest BCUT2D eigenvalue weighted by Crippen LogP contribution is 2.09. The Morgan fingerprint density at radius 2 is 1.94 bits per heavy atom. The summed E-state index contributed by atoms with van der Waals surface area (Å²) in [6.07, 6.45) is 0.648. The molecule has 1 aromatic rings. The van der Waals surface area contributed by atoms with Crippen LogP contribution in [0, 0.1) is 5.92 Å². The molecule has 0 heterocycles. The van der Waals surface area contributed by atoms with E-state index in [1.54, 1.807) is 12.1 Å². The van der Waals surface area contributed by atoms with Crippen molar-refractivity contribution in [2.75, 3.05) is 6.54 Å². The number of hydrogen-bond donors (Lipinski definition) is 2. The van der Waals surface area contributed by atoms with Gasteiger partial charge >= 0.3 is 5.97 Å². The van der Waals surface area contributed by atoms with Crippen molar-refractivity contribution in [1.82, 2.24) is 5.32 Å². The maximum atomic E-state index is 11.3. The molecular weight excluding hydrogens is 242 g/mol. The lowest BCUT2D eigenvalue weighted by molar-refractivity contribution is -0.146. The molecule has 0 saturated carbocycles. The van der Waals surface area contributed by atoms with Crippen LogP contribution in [0.3, 0.4) is 0 Å². The number of amides is 1. The van der Waals surface area contributed by atoms with E-state index in [9.17, 15) is 9.59 Å². The molecule has 0 saturated heterocycles. The number of hydrogen-bond acceptors (Lipinski definition) is 2. The summed E-state index contributed by atoms with van der Waals surface area (Å²) in [6.45, 7) is 1.78. The first-order chi connectivity index (χ1) is 8.00. The summed E-state index contributed by atoms with van der Waals surface area (Å²) >= 11 is 5.74. The monoisotopic (exact) mass is 255 g/mol. The van der Waals surface area contributed by atoms with Gasteiger partial charge in [0.05, 0.1) is 0 Å². The van der Waals surface area contributed by atoms with Gasteiger partial charge in [-0.2, -0.15) is 0 Å². The van der Waals surface area contributed by atoms with Crippen molar-refractivity contribution in [2.45, 2.75) is 13.3 Å². The Balaban J connectivity index is 2.35. The summed E-state index contributed by atoms with van der Waals surface area (Å²) in [5, 5.41) is 11.9. The Bertz CT molecular complexity index is 403. The largest absolute Gasteiger partial charge is 0.481 e. The lowest BCUT2D eigenvalue weighted by Gasteiger charge is -2.08. The van der Waals surface area contributed by atoms with Crippen LogP contribution in [0.5, 0.6) is 0 Å². The second kappa shape index (κ2) is 6.25. The molecule has 17 heavy (non-hydrogen) atoms. The first-order valence-electron chi connectivity index (χ1n) is 5.25. The molecule has 0 aromatic heterocycles. The maximum Gasteiger partial charge on any atom is 0.315 e. The van der Waals surface area contributed by atoms with Crippen LogP contribution in [0.25, 0.3) is 0 Å². The van der Waals surface area contributed by atoms with Gasteiger partial charge in [0.2, 0.25) is 5.91 Å². The van der Waals surface area contributed by atoms with E-state index in [2.05, 4.69) is 5.32 Å². The lowest BCUT2D eigenvalue weighted by atomic mass is 10.1. The SMILES string of the molecule is CC(C(=O)O)C(=O)NCCc1ccc(Cl)cc1. The molecule has 4 nitrogen and oxygen atoms in total. The molecule has 0 aliphatic rings. The zero-order valence-corrected chi connectivity index (χ0v) is 10.2. The van der Waals surface area contributed by atoms with E-state index in [-0.39, 0.29) is 0 Å². The van der Waals surface area contributed by atoms with Gasteiger partial charge in [0.25, 0.3) is 0 Å². The molecule has 0 bridgehead atoms. The zero-order valence-electron chi connectivity index (χ0n) is 9.44. The Labute approximate surface area is 105 Å². The van der Waals surface area contributed by atoms with Gasteiger partial charge in [-0.15, -0.1) is 0 Å². The van der Waals surface area contributed by atoms with Gasteiger partial charge in [-0.25, -0.2) is 0 Å². The minimum Gasteiger partial charge on any atom is -0.481 e. The van der Waals surface area contributed by atoms with E-state index in [1.165, 1.54) is 6.92 Å². The smallest absolute Gasteiger partial charge is 0.315 e. The average molecular weight is 256 g/mol. The molecule has 1 amide bonds. The molecule has 5 heteroatoms. The van der Waals surface area contributed by atoms with Crippen LogP contribution in [0.15, 0.2) is 24.3 Å². The molecule has 1 atom stereocenters. The molecule has 0 radical (unpaired) electrons. The fourth-order valence-corrected chi connectivity index (χ4v) is 1.37. The number of carboxylic acid groups (broad SMARTS) is 1. The van der Waals surface area contributed by atoms with Crippen LogP contribution >= 0.6 is 11.6 Å². The molecule has 1 aromatic carbocycles. The van der Waals surface area contributed by atoms with E-state index in [0.717, 1.165) is 5.56 Å². The minimum absolute atomic E-state index is 0.415. The van der Waals surface area contributed by atoms with Gasteiger partial charge in [-0.3, -0.25) is 9.59 Å². The highest BCUT2D eigenvalue weighted by molar-refractivity contribution is 6.30. The molecule has 92 valence electrons. The van der Waals surface area contributed by atoms with Crippen molar-refractivity contribution in [3.8, 4) is 0 Å². The highest BCUT2D eigenvalue weighted by Gasteiger charge is 2.19. The first-order valence-corrected chi connectivity index (χ1v) is 5.63. The van der Waals surface area contributed by atoms with E-state index in [4.69, 9.17) is 16.7 Å². The number of rotatable bonds is 5. The predicted octanol–water partition coefficient (Wildman–Crippen LogP) is 1.72. The van der Waals surface area contributed by atoms with Crippen molar-refractivity contribution in [2.24, 2.45) is 5.92 Å². The van der Waals surface area contributed by atoms with Crippen molar-refractivity contribution < 1.29 is 14.7 Å². The van der Waals surface area contributed by atoms with Crippen LogP contribution in [-0.2, 0) is 16.0 Å². The molecule has 0 spiro atoms. The van der Waals surface area contributed by atoms with Gasteiger partial charge in [-0.1, -0.05) is 23.7 Å². The summed E-state index contributed by atoms with van der Waals surface area (Å²) in [5.74, 6) is -2.60. The standard InChI is InChI=1S/C12H14ClNO3/c1-8(12(16)17)11(15)14-7-6-9-2-4-10(13)5-3-9/h2-5,8H,6-7H2,1H3,(H,14,15)(H,16,17). The van der Waals surface area contributed by atoms with Gasteiger partial charge in [0.1, 0.15) is 5.92 Å². The summed E-state index contributed by atoms with van der Waals surface area (Å²) in [5.41, 5.74) is 1.04. The van der Waals surface area contributed by atoms with Crippen LogP contribution in [0.1, 0.15) is 12.5 Å². The summed E-state index contributed by atoms with van der Waals surface area (Å²) in [4.78, 5) is 21.9. The van der Waals surface area contributed by atoms with Crippen LogP contribution in [0.4, 0.5) is 0 Å². The van der Waals surface area contributed by atoms with E-state index in [1.807, 2.05) is 12.1 Å². The van der Waals surface area contributed by atoms with Gasteiger partial charge in [0.15, 0.2) is 0 Å². The highest BCUT2D eigenvalue weighted by atomic mass is 35.5. The summed E-state index contributed by atoms with van der Waals surface area (Å²) in [7, 11) is 0. The van der Waals surface area contributed by atoms with Crippen molar-refractivity contribution >= 4 is 23.5 Å². The normalized spacial score (nSPS) is 11.9. The molecular formula is C12H14ClNO3. The van der Waals surface area contributed by atoms with Crippen molar-refractivity contribution in [3.63, 3.8) is 0 Å². The third-order valence-electron chi connectivity index (χ3n) is 2.39. The number of aliphatic carboxylic acids is 1. The van der Waals surface area contributed by atoms with Crippen LogP contribution < -0.4 is 5.32 Å². The van der Waals surface area contributed by atoms with Gasteiger partial charge in [-0.05, 0) is 31.0 Å². The number of halogens is 1. The second-order valence-electron chi connectivity index (χ2n) is 3.73. The van der Waals surface area contributed by atoms with Crippen LogP contribution in [-0.4, -0.2) is 23.5 Å². The fourth-order valence-electron chi connectivity index (χ4n) is 1.25. The molecule has 0 aliphatic heterocycles. The van der Waals surface area contributed by atoms with Crippen molar-refractivity contribution in [3.05, 3.63) is 34.9 Å². The number of benzene rings is 1. The molecule has 0 fully saturated rings. The van der Waals surface area contributed by atoms with Gasteiger partial charge < -0.3 is 10.4 Å². The fraction of sp³-hybridized carbons (Fsp3) is 0.333. The first kappa shape index (κ1) is 13.5. The average Bonchev–Trinajstić information content (AvgIpc) is 2.30. The molecule has 1 rings (SSSR count). The summed E-state index contributed by atoms with van der Waals surface area (Å²) in [6, 6.07) is 7.29. The second-order valence-corrected chi connectivity index (χ2v) is 4.16. The Hall–Kier alpha value is -1.55. The maximum absolute atomic E-state index is 11.3. The van der Waals surface area contributed by atoms with Gasteiger partial charge in [0, 0.05) is 11.6 Å². The minimum atomic E-state index is -1.12. The predicted molar refractivity (Wildman–Crippen MR) is 65.0 cm³/mol. The molecule has 1 unspecified atom stereocenters. The Kier molecular flexibility index (Phi) is 4.97.